The molecule has 2 heterocycles. The molecule has 1 aliphatic heterocycles. The fraction of sp³-hybridized carbons (Fsp3) is 0.353. The van der Waals surface area contributed by atoms with Crippen molar-refractivity contribution < 1.29 is 13.9 Å². The minimum Gasteiger partial charge on any atom is -0.451 e. The Morgan fingerprint density at radius 1 is 1.22 bits per heavy atom. The summed E-state index contributed by atoms with van der Waals surface area (Å²) in [5, 5.41) is 0.561. The molecular formula is C17H19ClN2O3. The van der Waals surface area contributed by atoms with E-state index >= 15 is 0 Å². The SMILES string of the molecule is C[C@@H]1CN(C(=O)c2ccc(-c3ccc(Cl)cc3N)o2)C[C@H](C)O1. The number of hydrogen-bond donors (Lipinski definition) is 1. The third-order valence-corrected chi connectivity index (χ3v) is 4.04. The zero-order valence-electron chi connectivity index (χ0n) is 13.1. The summed E-state index contributed by atoms with van der Waals surface area (Å²) < 4.78 is 11.4. The first-order valence-corrected chi connectivity index (χ1v) is 7.92. The van der Waals surface area contributed by atoms with E-state index < -0.39 is 0 Å². The predicted octanol–water partition coefficient (Wildman–Crippen LogP) is 3.43. The van der Waals surface area contributed by atoms with Gasteiger partial charge in [0.2, 0.25) is 0 Å². The van der Waals surface area contributed by atoms with Crippen molar-refractivity contribution in [2.45, 2.75) is 26.1 Å². The molecule has 0 bridgehead atoms. The van der Waals surface area contributed by atoms with Gasteiger partial charge in [-0.2, -0.15) is 0 Å². The highest BCUT2D eigenvalue weighted by molar-refractivity contribution is 6.31. The fourth-order valence-corrected chi connectivity index (χ4v) is 3.04. The number of morpholine rings is 1. The van der Waals surface area contributed by atoms with Crippen LogP contribution in [-0.4, -0.2) is 36.1 Å². The van der Waals surface area contributed by atoms with Gasteiger partial charge >= 0.3 is 0 Å². The van der Waals surface area contributed by atoms with Gasteiger partial charge < -0.3 is 19.8 Å². The molecule has 2 aromatic rings. The molecule has 0 spiro atoms. The normalized spacial score (nSPS) is 21.4. The molecule has 0 aliphatic carbocycles. The van der Waals surface area contributed by atoms with E-state index in [9.17, 15) is 4.79 Å². The second kappa shape index (κ2) is 6.26. The Bertz CT molecular complexity index is 718. The summed E-state index contributed by atoms with van der Waals surface area (Å²) >= 11 is 5.91. The van der Waals surface area contributed by atoms with Gasteiger partial charge in [0.05, 0.1) is 12.2 Å². The van der Waals surface area contributed by atoms with E-state index in [0.29, 0.717) is 35.3 Å². The van der Waals surface area contributed by atoms with Gasteiger partial charge in [0.15, 0.2) is 5.76 Å². The third kappa shape index (κ3) is 3.35. The van der Waals surface area contributed by atoms with Crippen LogP contribution >= 0.6 is 11.6 Å². The summed E-state index contributed by atoms with van der Waals surface area (Å²) in [6.45, 7) is 5.03. The van der Waals surface area contributed by atoms with Crippen molar-refractivity contribution >= 4 is 23.2 Å². The zero-order valence-corrected chi connectivity index (χ0v) is 13.8. The minimum absolute atomic E-state index is 0.0176. The highest BCUT2D eigenvalue weighted by Crippen LogP contribution is 2.30. The molecule has 2 atom stereocenters. The Kier molecular flexibility index (Phi) is 4.33. The van der Waals surface area contributed by atoms with Crippen molar-refractivity contribution in [3.05, 3.63) is 41.1 Å². The Hall–Kier alpha value is -1.98. The summed E-state index contributed by atoms with van der Waals surface area (Å²) in [5.74, 6) is 0.721. The lowest BCUT2D eigenvalue weighted by Crippen LogP contribution is -2.48. The van der Waals surface area contributed by atoms with Crippen LogP contribution in [0.3, 0.4) is 0 Å². The fourth-order valence-electron chi connectivity index (χ4n) is 2.86. The summed E-state index contributed by atoms with van der Waals surface area (Å²) in [4.78, 5) is 14.4. The molecule has 3 rings (SSSR count). The van der Waals surface area contributed by atoms with Gasteiger partial charge in [-0.25, -0.2) is 0 Å². The number of nitrogens with zero attached hydrogens (tertiary/aromatic N) is 1. The van der Waals surface area contributed by atoms with Gasteiger partial charge in [0.1, 0.15) is 5.76 Å². The molecule has 23 heavy (non-hydrogen) atoms. The lowest BCUT2D eigenvalue weighted by Gasteiger charge is -2.34. The van der Waals surface area contributed by atoms with E-state index in [4.69, 9.17) is 26.5 Å². The highest BCUT2D eigenvalue weighted by Gasteiger charge is 2.28. The van der Waals surface area contributed by atoms with E-state index in [1.807, 2.05) is 13.8 Å². The van der Waals surface area contributed by atoms with Crippen LogP contribution in [0.25, 0.3) is 11.3 Å². The van der Waals surface area contributed by atoms with Gasteiger partial charge in [0.25, 0.3) is 5.91 Å². The van der Waals surface area contributed by atoms with E-state index in [2.05, 4.69) is 0 Å². The number of hydrogen-bond acceptors (Lipinski definition) is 4. The first-order chi connectivity index (χ1) is 10.9. The van der Waals surface area contributed by atoms with Crippen molar-refractivity contribution in [3.8, 4) is 11.3 Å². The van der Waals surface area contributed by atoms with Crippen LogP contribution in [0, 0.1) is 0 Å². The molecule has 122 valence electrons. The molecule has 1 amide bonds. The van der Waals surface area contributed by atoms with Crippen LogP contribution in [0.15, 0.2) is 34.7 Å². The van der Waals surface area contributed by atoms with E-state index in [-0.39, 0.29) is 18.1 Å². The first kappa shape index (κ1) is 15.9. The molecule has 1 aromatic heterocycles. The maximum absolute atomic E-state index is 12.6. The average Bonchev–Trinajstić information content (AvgIpc) is 2.95. The number of halogens is 1. The van der Waals surface area contributed by atoms with Crippen LogP contribution in [0.5, 0.6) is 0 Å². The molecule has 2 N–H and O–H groups in total. The van der Waals surface area contributed by atoms with Gasteiger partial charge in [0, 0.05) is 29.4 Å². The quantitative estimate of drug-likeness (QED) is 0.854. The summed E-state index contributed by atoms with van der Waals surface area (Å²) in [6.07, 6.45) is 0.0353. The van der Waals surface area contributed by atoms with Crippen molar-refractivity contribution in [3.63, 3.8) is 0 Å². The molecular weight excluding hydrogens is 316 g/mol. The highest BCUT2D eigenvalue weighted by atomic mass is 35.5. The monoisotopic (exact) mass is 334 g/mol. The van der Waals surface area contributed by atoms with Crippen molar-refractivity contribution in [2.75, 3.05) is 18.8 Å². The number of carbonyl (C=O) groups excluding carboxylic acids is 1. The van der Waals surface area contributed by atoms with Crippen LogP contribution in [0.2, 0.25) is 5.02 Å². The maximum atomic E-state index is 12.6. The first-order valence-electron chi connectivity index (χ1n) is 7.54. The average molecular weight is 335 g/mol. The molecule has 0 radical (unpaired) electrons. The molecule has 6 heteroatoms. The molecule has 0 saturated carbocycles. The molecule has 5 nitrogen and oxygen atoms in total. The standard InChI is InChI=1S/C17H19ClN2O3/c1-10-8-20(9-11(2)22-10)17(21)16-6-5-15(23-16)13-4-3-12(18)7-14(13)19/h3-7,10-11H,8-9,19H2,1-2H3/t10-,11+. The Labute approximate surface area is 140 Å². The number of amides is 1. The molecule has 0 unspecified atom stereocenters. The van der Waals surface area contributed by atoms with Crippen molar-refractivity contribution in [2.24, 2.45) is 0 Å². The number of carbonyl (C=O) groups is 1. The topological polar surface area (TPSA) is 68.7 Å². The third-order valence-electron chi connectivity index (χ3n) is 3.80. The Balaban J connectivity index is 1.82. The van der Waals surface area contributed by atoms with Crippen molar-refractivity contribution in [1.82, 2.24) is 4.90 Å². The zero-order chi connectivity index (χ0) is 16.6. The number of ether oxygens (including phenoxy) is 1. The second-order valence-electron chi connectivity index (χ2n) is 5.86. The lowest BCUT2D eigenvalue weighted by atomic mass is 10.1. The molecule has 1 aromatic carbocycles. The van der Waals surface area contributed by atoms with Crippen LogP contribution in [0.1, 0.15) is 24.4 Å². The van der Waals surface area contributed by atoms with E-state index in [1.165, 1.54) is 0 Å². The lowest BCUT2D eigenvalue weighted by molar-refractivity contribution is -0.0592. The van der Waals surface area contributed by atoms with Gasteiger partial charge in [-0.3, -0.25) is 4.79 Å². The molecule has 1 saturated heterocycles. The number of nitrogen functional groups attached to an aromatic ring is 1. The number of rotatable bonds is 2. The van der Waals surface area contributed by atoms with Gasteiger partial charge in [-0.1, -0.05) is 11.6 Å². The smallest absolute Gasteiger partial charge is 0.289 e. The van der Waals surface area contributed by atoms with E-state index in [0.717, 1.165) is 5.56 Å². The maximum Gasteiger partial charge on any atom is 0.289 e. The second-order valence-corrected chi connectivity index (χ2v) is 6.30. The van der Waals surface area contributed by atoms with E-state index in [1.54, 1.807) is 35.2 Å². The summed E-state index contributed by atoms with van der Waals surface area (Å²) in [6, 6.07) is 8.61. The number of anilines is 1. The van der Waals surface area contributed by atoms with Gasteiger partial charge in [-0.05, 0) is 44.2 Å². The predicted molar refractivity (Wildman–Crippen MR) is 89.5 cm³/mol. The molecule has 1 aliphatic rings. The molecule has 1 fully saturated rings. The van der Waals surface area contributed by atoms with Crippen LogP contribution in [-0.2, 0) is 4.74 Å². The van der Waals surface area contributed by atoms with Crippen LogP contribution < -0.4 is 5.73 Å². The largest absolute Gasteiger partial charge is 0.451 e. The minimum atomic E-state index is -0.134. The number of nitrogens with two attached hydrogens (primary N) is 1. The Morgan fingerprint density at radius 2 is 1.91 bits per heavy atom. The summed E-state index contributed by atoms with van der Waals surface area (Å²) in [5.41, 5.74) is 7.19. The number of furan rings is 1. The van der Waals surface area contributed by atoms with Crippen molar-refractivity contribution in [1.29, 1.82) is 0 Å². The summed E-state index contributed by atoms with van der Waals surface area (Å²) in [7, 11) is 0. The van der Waals surface area contributed by atoms with Gasteiger partial charge in [-0.15, -0.1) is 0 Å². The number of benzene rings is 1. The van der Waals surface area contributed by atoms with Crippen LogP contribution in [0.4, 0.5) is 5.69 Å². The Morgan fingerprint density at radius 3 is 2.57 bits per heavy atom.